The molecule has 18 heavy (non-hydrogen) atoms. The zero-order valence-electron chi connectivity index (χ0n) is 11.7. The molecule has 0 aliphatic carbocycles. The summed E-state index contributed by atoms with van der Waals surface area (Å²) in [6.45, 7) is 10.8. The fourth-order valence-corrected chi connectivity index (χ4v) is 2.60. The maximum absolute atomic E-state index is 13.0. The van der Waals surface area contributed by atoms with Crippen LogP contribution in [0.3, 0.4) is 0 Å². The molecule has 1 aliphatic rings. The predicted octanol–water partition coefficient (Wildman–Crippen LogP) is 3.04. The zero-order valence-corrected chi connectivity index (χ0v) is 11.7. The summed E-state index contributed by atoms with van der Waals surface area (Å²) in [5.74, 6) is 0.396. The summed E-state index contributed by atoms with van der Waals surface area (Å²) in [5, 5.41) is 3.59. The Morgan fingerprint density at radius 2 is 1.89 bits per heavy atom. The van der Waals surface area contributed by atoms with Crippen LogP contribution in [0.1, 0.15) is 27.7 Å². The number of hydrogen-bond donors (Lipinski definition) is 1. The van der Waals surface area contributed by atoms with Crippen LogP contribution >= 0.6 is 0 Å². The Balaban J connectivity index is 2.27. The maximum Gasteiger partial charge on any atom is 0.123 e. The van der Waals surface area contributed by atoms with Crippen LogP contribution in [-0.4, -0.2) is 24.7 Å². The molecule has 0 aromatic heterocycles. The molecule has 0 amide bonds. The van der Waals surface area contributed by atoms with E-state index in [-0.39, 0.29) is 11.4 Å². The predicted molar refractivity (Wildman–Crippen MR) is 74.5 cm³/mol. The number of nitrogens with one attached hydrogen (secondary N) is 1. The van der Waals surface area contributed by atoms with Gasteiger partial charge in [0, 0.05) is 30.4 Å². The van der Waals surface area contributed by atoms with E-state index in [1.165, 1.54) is 0 Å². The topological polar surface area (TPSA) is 15.3 Å². The van der Waals surface area contributed by atoms with Crippen molar-refractivity contribution < 1.29 is 4.39 Å². The second-order valence-electron chi connectivity index (χ2n) is 6.18. The average Bonchev–Trinajstić information content (AvgIpc) is 2.28. The van der Waals surface area contributed by atoms with Gasteiger partial charge in [-0.2, -0.15) is 0 Å². The van der Waals surface area contributed by atoms with Gasteiger partial charge in [0.1, 0.15) is 5.82 Å². The minimum Gasteiger partial charge on any atom is -0.365 e. The minimum absolute atomic E-state index is 0.0970. The van der Waals surface area contributed by atoms with E-state index in [4.69, 9.17) is 0 Å². The molecule has 1 N–H and O–H groups in total. The monoisotopic (exact) mass is 250 g/mol. The highest BCUT2D eigenvalue weighted by Gasteiger charge is 2.33. The molecular weight excluding hydrogens is 227 g/mol. The standard InChI is InChI=1S/C15H23FN2/c1-11(2)14-9-17-15(3,4)10-18(14)13-7-5-12(16)6-8-13/h5-8,11,14,17H,9-10H2,1-4H3. The van der Waals surface area contributed by atoms with Crippen molar-refractivity contribution >= 4 is 5.69 Å². The zero-order chi connectivity index (χ0) is 13.3. The van der Waals surface area contributed by atoms with Gasteiger partial charge in [0.05, 0.1) is 0 Å². The van der Waals surface area contributed by atoms with Crippen molar-refractivity contribution in [1.29, 1.82) is 0 Å². The van der Waals surface area contributed by atoms with Gasteiger partial charge in [0.25, 0.3) is 0 Å². The van der Waals surface area contributed by atoms with E-state index in [1.807, 2.05) is 12.1 Å². The fourth-order valence-electron chi connectivity index (χ4n) is 2.60. The van der Waals surface area contributed by atoms with Crippen molar-refractivity contribution in [1.82, 2.24) is 5.32 Å². The van der Waals surface area contributed by atoms with E-state index in [2.05, 4.69) is 37.9 Å². The van der Waals surface area contributed by atoms with E-state index in [0.29, 0.717) is 12.0 Å². The van der Waals surface area contributed by atoms with Crippen molar-refractivity contribution in [3.8, 4) is 0 Å². The smallest absolute Gasteiger partial charge is 0.123 e. The molecule has 1 saturated heterocycles. The van der Waals surface area contributed by atoms with Crippen LogP contribution in [0.15, 0.2) is 24.3 Å². The Morgan fingerprint density at radius 3 is 2.44 bits per heavy atom. The van der Waals surface area contributed by atoms with Crippen molar-refractivity contribution in [2.75, 3.05) is 18.0 Å². The van der Waals surface area contributed by atoms with E-state index in [0.717, 1.165) is 18.8 Å². The molecule has 0 saturated carbocycles. The lowest BCUT2D eigenvalue weighted by Crippen LogP contribution is -2.63. The van der Waals surface area contributed by atoms with Gasteiger partial charge in [-0.05, 0) is 44.0 Å². The molecule has 1 aromatic carbocycles. The highest BCUT2D eigenvalue weighted by Crippen LogP contribution is 2.26. The molecule has 0 spiro atoms. The van der Waals surface area contributed by atoms with Gasteiger partial charge in [-0.15, -0.1) is 0 Å². The summed E-state index contributed by atoms with van der Waals surface area (Å²) in [5.41, 5.74) is 1.21. The molecule has 0 radical (unpaired) electrons. The number of rotatable bonds is 2. The first-order valence-electron chi connectivity index (χ1n) is 6.66. The number of hydrogen-bond acceptors (Lipinski definition) is 2. The van der Waals surface area contributed by atoms with E-state index < -0.39 is 0 Å². The summed E-state index contributed by atoms with van der Waals surface area (Å²) in [7, 11) is 0. The summed E-state index contributed by atoms with van der Waals surface area (Å²) in [6, 6.07) is 7.31. The van der Waals surface area contributed by atoms with Gasteiger partial charge in [-0.1, -0.05) is 13.8 Å². The van der Waals surface area contributed by atoms with Crippen LogP contribution in [0.4, 0.5) is 10.1 Å². The molecule has 3 heteroatoms. The van der Waals surface area contributed by atoms with Crippen LogP contribution < -0.4 is 10.2 Å². The molecule has 1 aliphatic heterocycles. The number of nitrogens with zero attached hydrogens (tertiary/aromatic N) is 1. The summed E-state index contributed by atoms with van der Waals surface area (Å²) in [6.07, 6.45) is 0. The summed E-state index contributed by atoms with van der Waals surface area (Å²) < 4.78 is 13.0. The Morgan fingerprint density at radius 1 is 1.28 bits per heavy atom. The van der Waals surface area contributed by atoms with Crippen LogP contribution in [0.2, 0.25) is 0 Å². The molecule has 1 heterocycles. The van der Waals surface area contributed by atoms with Gasteiger partial charge in [0.2, 0.25) is 0 Å². The Labute approximate surface area is 109 Å². The van der Waals surface area contributed by atoms with Gasteiger partial charge in [0.15, 0.2) is 0 Å². The lowest BCUT2D eigenvalue weighted by Gasteiger charge is -2.47. The lowest BCUT2D eigenvalue weighted by atomic mass is 9.92. The Kier molecular flexibility index (Phi) is 3.62. The van der Waals surface area contributed by atoms with Crippen LogP contribution in [0.25, 0.3) is 0 Å². The van der Waals surface area contributed by atoms with Crippen molar-refractivity contribution in [2.24, 2.45) is 5.92 Å². The fraction of sp³-hybridized carbons (Fsp3) is 0.600. The number of anilines is 1. The molecular formula is C15H23FN2. The number of piperazine rings is 1. The first-order chi connectivity index (χ1) is 8.39. The number of halogens is 1. The third-order valence-corrected chi connectivity index (χ3v) is 3.68. The van der Waals surface area contributed by atoms with Gasteiger partial charge >= 0.3 is 0 Å². The van der Waals surface area contributed by atoms with Crippen molar-refractivity contribution in [3.63, 3.8) is 0 Å². The Bertz CT molecular complexity index is 397. The molecule has 100 valence electrons. The highest BCUT2D eigenvalue weighted by atomic mass is 19.1. The quantitative estimate of drug-likeness (QED) is 0.868. The van der Waals surface area contributed by atoms with Crippen molar-refractivity contribution in [2.45, 2.75) is 39.3 Å². The van der Waals surface area contributed by atoms with Crippen LogP contribution in [0, 0.1) is 11.7 Å². The van der Waals surface area contributed by atoms with E-state index >= 15 is 0 Å². The van der Waals surface area contributed by atoms with E-state index in [1.54, 1.807) is 12.1 Å². The second kappa shape index (κ2) is 4.88. The lowest BCUT2D eigenvalue weighted by molar-refractivity contribution is 0.277. The SMILES string of the molecule is CC(C)C1CNC(C)(C)CN1c1ccc(F)cc1. The highest BCUT2D eigenvalue weighted by molar-refractivity contribution is 5.48. The third-order valence-electron chi connectivity index (χ3n) is 3.68. The normalized spacial score (nSPS) is 23.4. The molecule has 2 rings (SSSR count). The van der Waals surface area contributed by atoms with Crippen LogP contribution in [-0.2, 0) is 0 Å². The molecule has 1 aromatic rings. The minimum atomic E-state index is -0.172. The number of benzene rings is 1. The van der Waals surface area contributed by atoms with Crippen molar-refractivity contribution in [3.05, 3.63) is 30.1 Å². The van der Waals surface area contributed by atoms with Crippen LogP contribution in [0.5, 0.6) is 0 Å². The molecule has 1 unspecified atom stereocenters. The maximum atomic E-state index is 13.0. The van der Waals surface area contributed by atoms with Gasteiger partial charge in [-0.25, -0.2) is 4.39 Å². The molecule has 0 bridgehead atoms. The molecule has 1 atom stereocenters. The van der Waals surface area contributed by atoms with E-state index in [9.17, 15) is 4.39 Å². The summed E-state index contributed by atoms with van der Waals surface area (Å²) >= 11 is 0. The van der Waals surface area contributed by atoms with Gasteiger partial charge in [-0.3, -0.25) is 0 Å². The first kappa shape index (κ1) is 13.3. The molecule has 2 nitrogen and oxygen atoms in total. The third kappa shape index (κ3) is 2.83. The molecule has 1 fully saturated rings. The van der Waals surface area contributed by atoms with Gasteiger partial charge < -0.3 is 10.2 Å². The largest absolute Gasteiger partial charge is 0.365 e. The summed E-state index contributed by atoms with van der Waals surface area (Å²) in [4.78, 5) is 2.40. The average molecular weight is 250 g/mol. The second-order valence-corrected chi connectivity index (χ2v) is 6.18. The Hall–Kier alpha value is -1.09. The first-order valence-corrected chi connectivity index (χ1v) is 6.66.